The van der Waals surface area contributed by atoms with E-state index < -0.39 is 0 Å². The number of fused-ring (bicyclic) bond motifs is 2. The number of benzene rings is 2. The second kappa shape index (κ2) is 11.0. The lowest BCUT2D eigenvalue weighted by Gasteiger charge is -2.34. The highest BCUT2D eigenvalue weighted by atomic mass is 16.5. The number of likely N-dealkylation sites (N-methyl/N-ethyl adjacent to an activating group) is 1. The maximum Gasteiger partial charge on any atom is 0.272 e. The maximum absolute atomic E-state index is 13.3. The minimum Gasteiger partial charge on any atom is -0.495 e. The lowest BCUT2D eigenvalue weighted by atomic mass is 10.1. The average molecular weight is 589 g/mol. The molecule has 0 radical (unpaired) electrons. The van der Waals surface area contributed by atoms with Crippen molar-refractivity contribution in [3.05, 3.63) is 78.9 Å². The SMILES string of the molecule is COc1cc(-c2nn(-c3cc(N4CCN(C)CC4)ccn3)c3ncnc(N)c23)ccc1NC(=O)c1cc2ccccc2n1C. The molecule has 222 valence electrons. The molecule has 1 fully saturated rings. The Balaban J connectivity index is 1.24. The average Bonchev–Trinajstić information content (AvgIpc) is 3.61. The normalized spacial score (nSPS) is 13.9. The standard InChI is InChI=1S/C32H32N10O2/c1-39-12-14-41(15-13-39)22-10-11-34-27(18-22)42-31-28(30(33)35-19-36-31)29(38-42)21-8-9-23(26(17-21)44-3)37-32(43)25-16-20-6-4-5-7-24(20)40(25)2/h4-11,16-19H,12-15H2,1-3H3,(H,37,43)(H2,33,35,36). The van der Waals surface area contributed by atoms with Crippen LogP contribution in [0.2, 0.25) is 0 Å². The van der Waals surface area contributed by atoms with Crippen LogP contribution in [0.4, 0.5) is 17.2 Å². The van der Waals surface area contributed by atoms with Gasteiger partial charge in [0.05, 0.1) is 18.2 Å². The zero-order valence-corrected chi connectivity index (χ0v) is 24.7. The lowest BCUT2D eigenvalue weighted by molar-refractivity contribution is 0.101. The van der Waals surface area contributed by atoms with Crippen molar-refractivity contribution in [3.8, 4) is 22.8 Å². The number of hydrogen-bond donors (Lipinski definition) is 2. The molecule has 1 amide bonds. The number of pyridine rings is 1. The molecular weight excluding hydrogens is 556 g/mol. The second-order valence-corrected chi connectivity index (χ2v) is 10.9. The topological polar surface area (TPSA) is 132 Å². The Morgan fingerprint density at radius 2 is 1.77 bits per heavy atom. The molecule has 1 aliphatic rings. The van der Waals surface area contributed by atoms with Crippen LogP contribution in [0.25, 0.3) is 39.0 Å². The molecule has 2 aromatic carbocycles. The Labute approximate surface area is 253 Å². The number of ether oxygens (including phenoxy) is 1. The van der Waals surface area contributed by atoms with Gasteiger partial charge in [-0.3, -0.25) is 4.79 Å². The molecule has 5 heterocycles. The van der Waals surface area contributed by atoms with E-state index in [0.717, 1.165) is 48.3 Å². The highest BCUT2D eigenvalue weighted by Gasteiger charge is 2.22. The molecule has 44 heavy (non-hydrogen) atoms. The lowest BCUT2D eigenvalue weighted by Crippen LogP contribution is -2.44. The highest BCUT2D eigenvalue weighted by Crippen LogP contribution is 2.36. The molecule has 0 saturated carbocycles. The Kier molecular flexibility index (Phi) is 6.82. The highest BCUT2D eigenvalue weighted by molar-refractivity contribution is 6.07. The number of para-hydroxylation sites is 1. The number of hydrogen-bond acceptors (Lipinski definition) is 9. The van der Waals surface area contributed by atoms with Gasteiger partial charge in [-0.25, -0.2) is 15.0 Å². The molecule has 0 bridgehead atoms. The largest absolute Gasteiger partial charge is 0.495 e. The fourth-order valence-electron chi connectivity index (χ4n) is 5.76. The fraction of sp³-hybridized carbons (Fsp3) is 0.219. The van der Waals surface area contributed by atoms with Crippen molar-refractivity contribution in [2.24, 2.45) is 7.05 Å². The summed E-state index contributed by atoms with van der Waals surface area (Å²) in [6.07, 6.45) is 3.22. The number of carbonyl (C=O) groups excluding carboxylic acids is 1. The van der Waals surface area contributed by atoms with E-state index in [-0.39, 0.29) is 5.91 Å². The van der Waals surface area contributed by atoms with E-state index in [1.54, 1.807) is 24.1 Å². The smallest absolute Gasteiger partial charge is 0.272 e. The summed E-state index contributed by atoms with van der Waals surface area (Å²) in [7, 11) is 5.58. The van der Waals surface area contributed by atoms with Gasteiger partial charge in [0.1, 0.15) is 29.3 Å². The number of aryl methyl sites for hydroxylation is 1. The van der Waals surface area contributed by atoms with Gasteiger partial charge >= 0.3 is 0 Å². The van der Waals surface area contributed by atoms with E-state index in [2.05, 4.69) is 37.1 Å². The van der Waals surface area contributed by atoms with Crippen LogP contribution in [0.1, 0.15) is 10.5 Å². The molecule has 3 N–H and O–H groups in total. The first-order valence-electron chi connectivity index (χ1n) is 14.3. The van der Waals surface area contributed by atoms with Gasteiger partial charge in [-0.2, -0.15) is 9.78 Å². The van der Waals surface area contributed by atoms with Crippen molar-refractivity contribution in [1.82, 2.24) is 34.2 Å². The predicted molar refractivity (Wildman–Crippen MR) is 171 cm³/mol. The molecule has 0 spiro atoms. The van der Waals surface area contributed by atoms with Gasteiger partial charge in [-0.1, -0.05) is 24.3 Å². The van der Waals surface area contributed by atoms with Gasteiger partial charge in [0.25, 0.3) is 5.91 Å². The Morgan fingerprint density at radius 3 is 2.57 bits per heavy atom. The van der Waals surface area contributed by atoms with Crippen molar-refractivity contribution in [2.45, 2.75) is 0 Å². The number of aromatic nitrogens is 6. The molecule has 1 saturated heterocycles. The van der Waals surface area contributed by atoms with Gasteiger partial charge in [-0.15, -0.1) is 0 Å². The fourth-order valence-corrected chi connectivity index (χ4v) is 5.76. The van der Waals surface area contributed by atoms with Crippen LogP contribution in [-0.4, -0.2) is 80.4 Å². The molecule has 12 heteroatoms. The molecule has 0 unspecified atom stereocenters. The molecule has 0 aliphatic carbocycles. The van der Waals surface area contributed by atoms with Gasteiger partial charge in [-0.05, 0) is 37.4 Å². The van der Waals surface area contributed by atoms with Crippen LogP contribution in [-0.2, 0) is 7.05 Å². The van der Waals surface area contributed by atoms with E-state index in [4.69, 9.17) is 15.6 Å². The zero-order valence-electron chi connectivity index (χ0n) is 24.7. The minimum absolute atomic E-state index is 0.242. The number of piperazine rings is 1. The summed E-state index contributed by atoms with van der Waals surface area (Å²) in [6.45, 7) is 3.86. The number of carbonyl (C=O) groups is 1. The number of nitrogens with two attached hydrogens (primary N) is 1. The maximum atomic E-state index is 13.3. The minimum atomic E-state index is -0.242. The second-order valence-electron chi connectivity index (χ2n) is 10.9. The van der Waals surface area contributed by atoms with Gasteiger partial charge in [0, 0.05) is 67.6 Å². The number of rotatable bonds is 6. The van der Waals surface area contributed by atoms with Gasteiger partial charge in [0.15, 0.2) is 11.5 Å². The summed E-state index contributed by atoms with van der Waals surface area (Å²) in [5, 5.41) is 9.54. The number of nitrogens with one attached hydrogen (secondary N) is 1. The molecule has 1 aliphatic heterocycles. The van der Waals surface area contributed by atoms with Gasteiger partial charge in [0.2, 0.25) is 0 Å². The van der Waals surface area contributed by atoms with Crippen LogP contribution in [0.3, 0.4) is 0 Å². The van der Waals surface area contributed by atoms with Crippen LogP contribution in [0.15, 0.2) is 73.2 Å². The quantitative estimate of drug-likeness (QED) is 0.297. The third-order valence-electron chi connectivity index (χ3n) is 8.22. The number of methoxy groups -OCH3 is 1. The summed E-state index contributed by atoms with van der Waals surface area (Å²) in [5.74, 6) is 1.16. The number of nitrogen functional groups attached to an aromatic ring is 1. The van der Waals surface area contributed by atoms with E-state index in [0.29, 0.717) is 45.5 Å². The van der Waals surface area contributed by atoms with Crippen molar-refractivity contribution < 1.29 is 9.53 Å². The molecule has 0 atom stereocenters. The Hall–Kier alpha value is -5.49. The Morgan fingerprint density at radius 1 is 0.955 bits per heavy atom. The summed E-state index contributed by atoms with van der Waals surface area (Å²) >= 11 is 0. The third-order valence-corrected chi connectivity index (χ3v) is 8.22. The summed E-state index contributed by atoms with van der Waals surface area (Å²) < 4.78 is 9.29. The number of amides is 1. The molecule has 7 rings (SSSR count). The van der Waals surface area contributed by atoms with Crippen LogP contribution < -0.4 is 20.7 Å². The van der Waals surface area contributed by atoms with Crippen molar-refractivity contribution >= 4 is 45.0 Å². The summed E-state index contributed by atoms with van der Waals surface area (Å²) in [6, 6.07) is 19.3. The monoisotopic (exact) mass is 588 g/mol. The molecule has 6 aromatic rings. The van der Waals surface area contributed by atoms with Crippen LogP contribution in [0.5, 0.6) is 5.75 Å². The Bertz CT molecular complexity index is 2020. The summed E-state index contributed by atoms with van der Waals surface area (Å²) in [5.41, 5.74) is 11.4. The number of nitrogens with zero attached hydrogens (tertiary/aromatic N) is 8. The zero-order chi connectivity index (χ0) is 30.4. The van der Waals surface area contributed by atoms with E-state index in [1.807, 2.05) is 66.2 Å². The van der Waals surface area contributed by atoms with E-state index >= 15 is 0 Å². The third kappa shape index (κ3) is 4.74. The molecule has 12 nitrogen and oxygen atoms in total. The van der Waals surface area contributed by atoms with Crippen molar-refractivity contribution in [3.63, 3.8) is 0 Å². The summed E-state index contributed by atoms with van der Waals surface area (Å²) in [4.78, 5) is 31.4. The predicted octanol–water partition coefficient (Wildman–Crippen LogP) is 3.96. The van der Waals surface area contributed by atoms with Gasteiger partial charge < -0.3 is 30.2 Å². The van der Waals surface area contributed by atoms with Crippen molar-refractivity contribution in [2.75, 3.05) is 56.3 Å². The number of anilines is 3. The molecule has 4 aromatic heterocycles. The van der Waals surface area contributed by atoms with E-state index in [9.17, 15) is 4.79 Å². The first kappa shape index (κ1) is 27.3. The van der Waals surface area contributed by atoms with E-state index in [1.165, 1.54) is 6.33 Å². The molecular formula is C32H32N10O2. The first-order valence-corrected chi connectivity index (χ1v) is 14.3. The van der Waals surface area contributed by atoms with Crippen molar-refractivity contribution in [1.29, 1.82) is 0 Å². The van der Waals surface area contributed by atoms with Crippen LogP contribution >= 0.6 is 0 Å². The van der Waals surface area contributed by atoms with Crippen LogP contribution in [0, 0.1) is 0 Å². The first-order chi connectivity index (χ1) is 21.4.